The maximum atomic E-state index is 14.6. The highest BCUT2D eigenvalue weighted by molar-refractivity contribution is 5.81. The molecule has 0 aliphatic carbocycles. The topological polar surface area (TPSA) is 87.7 Å². The second-order valence-corrected chi connectivity index (χ2v) is 8.98. The van der Waals surface area contributed by atoms with Gasteiger partial charge in [0.2, 0.25) is 5.95 Å². The molecule has 4 heterocycles. The summed E-state index contributed by atoms with van der Waals surface area (Å²) in [7, 11) is 0. The number of morpholine rings is 1. The molecule has 2 aliphatic rings. The van der Waals surface area contributed by atoms with Crippen LogP contribution in [0.25, 0.3) is 16.8 Å². The second kappa shape index (κ2) is 9.13. The summed E-state index contributed by atoms with van der Waals surface area (Å²) in [6.07, 6.45) is 4.09. The summed E-state index contributed by atoms with van der Waals surface area (Å²) >= 11 is 0. The van der Waals surface area contributed by atoms with Crippen molar-refractivity contribution in [3.8, 4) is 22.9 Å². The third-order valence-electron chi connectivity index (χ3n) is 6.85. The average molecular weight is 485 g/mol. The van der Waals surface area contributed by atoms with Crippen molar-refractivity contribution in [1.82, 2.24) is 14.4 Å². The van der Waals surface area contributed by atoms with E-state index in [1.807, 2.05) is 0 Å². The van der Waals surface area contributed by atoms with Crippen molar-refractivity contribution < 1.29 is 13.9 Å². The first kappa shape index (κ1) is 22.3. The highest BCUT2D eigenvalue weighted by atomic mass is 19.1. The number of imidazole rings is 1. The number of aromatic nitrogens is 3. The van der Waals surface area contributed by atoms with E-state index in [0.29, 0.717) is 30.2 Å². The highest BCUT2D eigenvalue weighted by Crippen LogP contribution is 2.33. The molecule has 0 spiro atoms. The van der Waals surface area contributed by atoms with E-state index in [0.717, 1.165) is 60.0 Å². The lowest BCUT2D eigenvalue weighted by Crippen LogP contribution is -2.36. The molecule has 1 N–H and O–H groups in total. The number of nitrogens with one attached hydrogen (secondary N) is 1. The van der Waals surface area contributed by atoms with Crippen molar-refractivity contribution >= 4 is 17.3 Å². The zero-order valence-electron chi connectivity index (χ0n) is 19.9. The summed E-state index contributed by atoms with van der Waals surface area (Å²) in [5, 5.41) is 12.8. The molecule has 0 bridgehead atoms. The van der Waals surface area contributed by atoms with Gasteiger partial charge in [0.25, 0.3) is 0 Å². The number of aryl methyl sites for hydroxylation is 1. The molecule has 2 aromatic carbocycles. The first-order valence-corrected chi connectivity index (χ1v) is 12.0. The van der Waals surface area contributed by atoms with Crippen molar-refractivity contribution in [2.45, 2.75) is 19.9 Å². The Hall–Kier alpha value is -4.16. The Morgan fingerprint density at radius 2 is 2.00 bits per heavy atom. The van der Waals surface area contributed by atoms with Gasteiger partial charge in [0, 0.05) is 54.6 Å². The lowest BCUT2D eigenvalue weighted by molar-refractivity contribution is 0.122. The molecule has 9 heteroatoms. The highest BCUT2D eigenvalue weighted by Gasteiger charge is 2.21. The number of benzene rings is 2. The van der Waals surface area contributed by atoms with Crippen molar-refractivity contribution in [3.05, 3.63) is 70.9 Å². The molecule has 1 fully saturated rings. The van der Waals surface area contributed by atoms with Crippen molar-refractivity contribution in [1.29, 1.82) is 5.26 Å². The SMILES string of the molecule is Cc1cc(N2CCOCC2)ccc1-c1cnc(NCc2c(F)ccc3c2CCO3)n2cc(C#N)nc12. The van der Waals surface area contributed by atoms with Gasteiger partial charge >= 0.3 is 0 Å². The Kier molecular flexibility index (Phi) is 5.66. The third-order valence-corrected chi connectivity index (χ3v) is 6.85. The Bertz CT molecular complexity index is 1500. The van der Waals surface area contributed by atoms with E-state index in [9.17, 15) is 9.65 Å². The first-order valence-electron chi connectivity index (χ1n) is 12.0. The molecule has 2 aromatic heterocycles. The van der Waals surface area contributed by atoms with Crippen LogP contribution in [0.3, 0.4) is 0 Å². The van der Waals surface area contributed by atoms with E-state index in [1.54, 1.807) is 22.9 Å². The largest absolute Gasteiger partial charge is 0.493 e. The lowest BCUT2D eigenvalue weighted by Gasteiger charge is -2.29. The molecule has 4 aromatic rings. The number of fused-ring (bicyclic) bond motifs is 2. The van der Waals surface area contributed by atoms with Crippen molar-refractivity contribution in [2.75, 3.05) is 43.1 Å². The number of nitrogens with zero attached hydrogens (tertiary/aromatic N) is 5. The number of rotatable bonds is 5. The minimum atomic E-state index is -0.279. The van der Waals surface area contributed by atoms with Crippen LogP contribution in [0.15, 0.2) is 42.7 Å². The normalized spacial score (nSPS) is 15.0. The number of nitriles is 1. The van der Waals surface area contributed by atoms with Crippen LogP contribution in [0.5, 0.6) is 5.75 Å². The Labute approximate surface area is 207 Å². The van der Waals surface area contributed by atoms with Crippen LogP contribution in [0, 0.1) is 24.1 Å². The van der Waals surface area contributed by atoms with Crippen LogP contribution in [-0.4, -0.2) is 47.3 Å². The number of halogens is 1. The average Bonchev–Trinajstić information content (AvgIpc) is 3.56. The molecular weight excluding hydrogens is 459 g/mol. The van der Waals surface area contributed by atoms with E-state index in [4.69, 9.17) is 9.47 Å². The van der Waals surface area contributed by atoms with E-state index in [-0.39, 0.29) is 18.1 Å². The minimum Gasteiger partial charge on any atom is -0.493 e. The summed E-state index contributed by atoms with van der Waals surface area (Å²) in [6.45, 7) is 6.06. The maximum absolute atomic E-state index is 14.6. The Balaban J connectivity index is 1.35. The molecule has 6 rings (SSSR count). The van der Waals surface area contributed by atoms with Gasteiger partial charge in [-0.2, -0.15) is 5.26 Å². The molecule has 0 saturated carbocycles. The fourth-order valence-corrected chi connectivity index (χ4v) is 4.99. The van der Waals surface area contributed by atoms with Crippen LogP contribution in [-0.2, 0) is 17.7 Å². The van der Waals surface area contributed by atoms with Gasteiger partial charge < -0.3 is 19.7 Å². The predicted octanol–water partition coefficient (Wildman–Crippen LogP) is 4.10. The smallest absolute Gasteiger partial charge is 0.208 e. The molecule has 0 radical (unpaired) electrons. The Morgan fingerprint density at radius 1 is 1.14 bits per heavy atom. The predicted molar refractivity (Wildman–Crippen MR) is 134 cm³/mol. The zero-order valence-corrected chi connectivity index (χ0v) is 19.9. The fourth-order valence-electron chi connectivity index (χ4n) is 4.99. The van der Waals surface area contributed by atoms with E-state index < -0.39 is 0 Å². The van der Waals surface area contributed by atoms with Gasteiger partial charge in [-0.1, -0.05) is 6.07 Å². The van der Waals surface area contributed by atoms with Crippen LogP contribution in [0.1, 0.15) is 22.4 Å². The van der Waals surface area contributed by atoms with Gasteiger partial charge in [-0.25, -0.2) is 14.4 Å². The lowest BCUT2D eigenvalue weighted by atomic mass is 10.0. The van der Waals surface area contributed by atoms with Crippen molar-refractivity contribution in [3.63, 3.8) is 0 Å². The molecule has 8 nitrogen and oxygen atoms in total. The van der Waals surface area contributed by atoms with Crippen LogP contribution >= 0.6 is 0 Å². The Morgan fingerprint density at radius 3 is 2.81 bits per heavy atom. The van der Waals surface area contributed by atoms with Gasteiger partial charge in [-0.15, -0.1) is 0 Å². The first-order chi connectivity index (χ1) is 17.6. The zero-order chi connectivity index (χ0) is 24.6. The summed E-state index contributed by atoms with van der Waals surface area (Å²) in [6, 6.07) is 11.6. The van der Waals surface area contributed by atoms with Gasteiger partial charge in [0.05, 0.1) is 26.0 Å². The van der Waals surface area contributed by atoms with Crippen LogP contribution in [0.4, 0.5) is 16.0 Å². The molecular formula is C27H25FN6O2. The quantitative estimate of drug-likeness (QED) is 0.456. The molecule has 0 atom stereocenters. The molecule has 36 heavy (non-hydrogen) atoms. The molecule has 182 valence electrons. The molecule has 2 aliphatic heterocycles. The number of anilines is 2. The van der Waals surface area contributed by atoms with Gasteiger partial charge in [0.15, 0.2) is 11.3 Å². The summed E-state index contributed by atoms with van der Waals surface area (Å²) < 4.78 is 27.5. The number of hydrogen-bond donors (Lipinski definition) is 1. The van der Waals surface area contributed by atoms with E-state index in [1.165, 1.54) is 6.07 Å². The van der Waals surface area contributed by atoms with E-state index in [2.05, 4.69) is 51.4 Å². The standard InChI is InChI=1S/C27H25FN6O2/c1-17-12-19(33-7-10-35-11-8-33)2-3-20(17)23-15-31-27(34-16-18(13-29)32-26(23)34)30-14-22-21-6-9-36-25(21)5-4-24(22)28/h2-5,12,15-16H,6-11,14H2,1H3,(H,30,31). The van der Waals surface area contributed by atoms with Gasteiger partial charge in [-0.3, -0.25) is 4.40 Å². The van der Waals surface area contributed by atoms with Gasteiger partial charge in [-0.05, 0) is 42.3 Å². The van der Waals surface area contributed by atoms with Crippen LogP contribution in [0.2, 0.25) is 0 Å². The van der Waals surface area contributed by atoms with Crippen LogP contribution < -0.4 is 15.0 Å². The molecule has 0 amide bonds. The van der Waals surface area contributed by atoms with Gasteiger partial charge in [0.1, 0.15) is 17.6 Å². The monoisotopic (exact) mass is 484 g/mol. The summed E-state index contributed by atoms with van der Waals surface area (Å²) in [5.74, 6) is 0.937. The third kappa shape index (κ3) is 3.89. The molecule has 0 unspecified atom stereocenters. The summed E-state index contributed by atoms with van der Waals surface area (Å²) in [5.41, 5.74) is 6.43. The fraction of sp³-hybridized carbons (Fsp3) is 0.296. The van der Waals surface area contributed by atoms with E-state index >= 15 is 0 Å². The number of ether oxygens (including phenoxy) is 2. The second-order valence-electron chi connectivity index (χ2n) is 8.98. The molecule has 1 saturated heterocycles. The summed E-state index contributed by atoms with van der Waals surface area (Å²) in [4.78, 5) is 11.5. The maximum Gasteiger partial charge on any atom is 0.208 e. The number of hydrogen-bond acceptors (Lipinski definition) is 7. The minimum absolute atomic E-state index is 0.243. The van der Waals surface area contributed by atoms with Crippen molar-refractivity contribution in [2.24, 2.45) is 0 Å².